The molecule has 0 aliphatic heterocycles. The highest BCUT2D eigenvalue weighted by atomic mass is 35.5. The van der Waals surface area contributed by atoms with Gasteiger partial charge >= 0.3 is 0 Å². The summed E-state index contributed by atoms with van der Waals surface area (Å²) in [6, 6.07) is 14.9. The molecule has 0 amide bonds. The Bertz CT molecular complexity index is 637. The van der Waals surface area contributed by atoms with Gasteiger partial charge in [-0.25, -0.2) is 0 Å². The van der Waals surface area contributed by atoms with Gasteiger partial charge in [0.05, 0.1) is 18.7 Å². The molecule has 2 aromatic carbocycles. The van der Waals surface area contributed by atoms with E-state index < -0.39 is 0 Å². The Labute approximate surface area is 140 Å². The lowest BCUT2D eigenvalue weighted by Crippen LogP contribution is -2.31. The predicted molar refractivity (Wildman–Crippen MR) is 94.2 cm³/mol. The number of nitrogens with one attached hydrogen (secondary N) is 2. The molecule has 0 heterocycles. The zero-order chi connectivity index (χ0) is 15.8. The molecule has 0 saturated carbocycles. The van der Waals surface area contributed by atoms with Crippen LogP contribution in [0.2, 0.25) is 5.02 Å². The lowest BCUT2D eigenvalue weighted by molar-refractivity contribution is 0.323. The van der Waals surface area contributed by atoms with Crippen LogP contribution in [-0.2, 0) is 0 Å². The van der Waals surface area contributed by atoms with Crippen LogP contribution < -0.4 is 20.1 Å². The molecular weight excluding hydrogens is 320 g/mol. The van der Waals surface area contributed by atoms with E-state index in [1.54, 1.807) is 13.2 Å². The summed E-state index contributed by atoms with van der Waals surface area (Å²) in [7, 11) is 1.63. The smallest absolute Gasteiger partial charge is 0.170 e. The van der Waals surface area contributed by atoms with E-state index in [1.165, 1.54) is 0 Å². The van der Waals surface area contributed by atoms with Crippen molar-refractivity contribution in [3.63, 3.8) is 0 Å². The third-order valence-corrected chi connectivity index (χ3v) is 3.37. The molecule has 0 aliphatic carbocycles. The van der Waals surface area contributed by atoms with Crippen molar-refractivity contribution in [1.82, 2.24) is 5.32 Å². The summed E-state index contributed by atoms with van der Waals surface area (Å²) in [6.45, 7) is 1.03. The molecule has 0 spiro atoms. The van der Waals surface area contributed by atoms with E-state index in [1.807, 2.05) is 42.5 Å². The summed E-state index contributed by atoms with van der Waals surface area (Å²) in [4.78, 5) is 0. The van der Waals surface area contributed by atoms with Crippen LogP contribution in [0.5, 0.6) is 11.5 Å². The molecule has 0 bridgehead atoms. The number of hydrogen-bond acceptors (Lipinski definition) is 3. The van der Waals surface area contributed by atoms with E-state index in [-0.39, 0.29) is 0 Å². The van der Waals surface area contributed by atoms with Crippen molar-refractivity contribution in [3.05, 3.63) is 53.6 Å². The van der Waals surface area contributed by atoms with Gasteiger partial charge in [0.2, 0.25) is 0 Å². The van der Waals surface area contributed by atoms with E-state index in [0.717, 1.165) is 11.4 Å². The molecule has 0 radical (unpaired) electrons. The Morgan fingerprint density at radius 3 is 2.77 bits per heavy atom. The summed E-state index contributed by atoms with van der Waals surface area (Å²) in [5, 5.41) is 7.28. The first kappa shape index (κ1) is 16.4. The Morgan fingerprint density at radius 1 is 1.18 bits per heavy atom. The summed E-state index contributed by atoms with van der Waals surface area (Å²) in [5.74, 6) is 1.44. The molecule has 2 N–H and O–H groups in total. The van der Waals surface area contributed by atoms with Gasteiger partial charge in [0.25, 0.3) is 0 Å². The number of methoxy groups -OCH3 is 1. The number of hydrogen-bond donors (Lipinski definition) is 2. The van der Waals surface area contributed by atoms with Crippen molar-refractivity contribution < 1.29 is 9.47 Å². The van der Waals surface area contributed by atoms with Gasteiger partial charge in [-0.3, -0.25) is 0 Å². The van der Waals surface area contributed by atoms with E-state index >= 15 is 0 Å². The molecule has 116 valence electrons. The first-order chi connectivity index (χ1) is 10.7. The van der Waals surface area contributed by atoms with Gasteiger partial charge in [0, 0.05) is 11.8 Å². The second kappa shape index (κ2) is 8.46. The highest BCUT2D eigenvalue weighted by Crippen LogP contribution is 2.22. The van der Waals surface area contributed by atoms with Crippen molar-refractivity contribution in [3.8, 4) is 11.5 Å². The number of para-hydroxylation sites is 1. The van der Waals surface area contributed by atoms with Gasteiger partial charge < -0.3 is 20.1 Å². The van der Waals surface area contributed by atoms with Crippen molar-refractivity contribution in [2.75, 3.05) is 25.6 Å². The first-order valence-corrected chi connectivity index (χ1v) is 7.54. The fourth-order valence-corrected chi connectivity index (χ4v) is 2.17. The van der Waals surface area contributed by atoms with Crippen LogP contribution >= 0.6 is 23.8 Å². The highest BCUT2D eigenvalue weighted by Gasteiger charge is 2.01. The number of ether oxygens (including phenoxy) is 2. The third kappa shape index (κ3) is 5.09. The lowest BCUT2D eigenvalue weighted by atomic mass is 10.3. The van der Waals surface area contributed by atoms with Gasteiger partial charge in [-0.1, -0.05) is 29.8 Å². The minimum atomic E-state index is 0.462. The molecule has 6 heteroatoms. The van der Waals surface area contributed by atoms with Crippen LogP contribution in [-0.4, -0.2) is 25.4 Å². The third-order valence-electron chi connectivity index (χ3n) is 2.81. The topological polar surface area (TPSA) is 42.5 Å². The molecule has 2 rings (SSSR count). The maximum absolute atomic E-state index is 6.01. The van der Waals surface area contributed by atoms with Crippen LogP contribution in [0, 0.1) is 0 Å². The fourth-order valence-electron chi connectivity index (χ4n) is 1.76. The van der Waals surface area contributed by atoms with E-state index in [2.05, 4.69) is 10.6 Å². The molecule has 4 nitrogen and oxygen atoms in total. The Morgan fingerprint density at radius 2 is 2.00 bits per heavy atom. The normalized spacial score (nSPS) is 9.91. The second-order valence-corrected chi connectivity index (χ2v) is 5.21. The SMILES string of the molecule is COc1cccc(NC(=S)NCCOc2ccccc2Cl)c1. The van der Waals surface area contributed by atoms with E-state index in [0.29, 0.717) is 29.0 Å². The summed E-state index contributed by atoms with van der Waals surface area (Å²) in [5.41, 5.74) is 0.865. The van der Waals surface area contributed by atoms with Crippen LogP contribution in [0.15, 0.2) is 48.5 Å². The van der Waals surface area contributed by atoms with Crippen LogP contribution in [0.4, 0.5) is 5.69 Å². The van der Waals surface area contributed by atoms with Gasteiger partial charge in [0.15, 0.2) is 5.11 Å². The average Bonchev–Trinajstić information content (AvgIpc) is 2.53. The van der Waals surface area contributed by atoms with E-state index in [4.69, 9.17) is 33.3 Å². The molecule has 0 fully saturated rings. The summed E-state index contributed by atoms with van der Waals surface area (Å²) in [6.07, 6.45) is 0. The van der Waals surface area contributed by atoms with Crippen LogP contribution in [0.1, 0.15) is 0 Å². The first-order valence-electron chi connectivity index (χ1n) is 6.75. The largest absolute Gasteiger partial charge is 0.497 e. The zero-order valence-corrected chi connectivity index (χ0v) is 13.7. The van der Waals surface area contributed by atoms with Gasteiger partial charge in [0.1, 0.15) is 18.1 Å². The number of halogens is 1. The van der Waals surface area contributed by atoms with Crippen molar-refractivity contribution in [1.29, 1.82) is 0 Å². The Kier molecular flexibility index (Phi) is 6.30. The fraction of sp³-hybridized carbons (Fsp3) is 0.188. The van der Waals surface area contributed by atoms with Crippen molar-refractivity contribution in [2.45, 2.75) is 0 Å². The molecule has 0 saturated heterocycles. The molecule has 0 aliphatic rings. The standard InChI is InChI=1S/C16H17ClN2O2S/c1-20-13-6-4-5-12(11-13)19-16(22)18-9-10-21-15-8-3-2-7-14(15)17/h2-8,11H,9-10H2,1H3,(H2,18,19,22). The van der Waals surface area contributed by atoms with Crippen molar-refractivity contribution in [2.24, 2.45) is 0 Å². The van der Waals surface area contributed by atoms with E-state index in [9.17, 15) is 0 Å². The summed E-state index contributed by atoms with van der Waals surface area (Å²) < 4.78 is 10.7. The molecule has 0 aromatic heterocycles. The molecule has 22 heavy (non-hydrogen) atoms. The zero-order valence-electron chi connectivity index (χ0n) is 12.1. The Hall–Kier alpha value is -1.98. The minimum absolute atomic E-state index is 0.462. The van der Waals surface area contributed by atoms with Crippen LogP contribution in [0.25, 0.3) is 0 Å². The van der Waals surface area contributed by atoms with Crippen LogP contribution in [0.3, 0.4) is 0 Å². The number of thiocarbonyl (C=S) groups is 1. The summed E-state index contributed by atoms with van der Waals surface area (Å²) >= 11 is 11.2. The van der Waals surface area contributed by atoms with Gasteiger partial charge in [-0.2, -0.15) is 0 Å². The van der Waals surface area contributed by atoms with Gasteiger partial charge in [-0.05, 0) is 36.5 Å². The highest BCUT2D eigenvalue weighted by molar-refractivity contribution is 7.80. The molecular formula is C16H17ClN2O2S. The monoisotopic (exact) mass is 336 g/mol. The van der Waals surface area contributed by atoms with Crippen molar-refractivity contribution >= 4 is 34.6 Å². The minimum Gasteiger partial charge on any atom is -0.497 e. The predicted octanol–water partition coefficient (Wildman–Crippen LogP) is 3.71. The maximum atomic E-state index is 6.01. The Balaban J connectivity index is 1.73. The molecule has 0 atom stereocenters. The molecule has 0 unspecified atom stereocenters. The van der Waals surface area contributed by atoms with Gasteiger partial charge in [-0.15, -0.1) is 0 Å². The second-order valence-electron chi connectivity index (χ2n) is 4.39. The average molecular weight is 337 g/mol. The number of rotatable bonds is 6. The number of benzene rings is 2. The maximum Gasteiger partial charge on any atom is 0.170 e. The number of anilines is 1. The molecule has 2 aromatic rings. The quantitative estimate of drug-likeness (QED) is 0.621. The lowest BCUT2D eigenvalue weighted by Gasteiger charge is -2.12.